The van der Waals surface area contributed by atoms with Crippen LogP contribution in [0.25, 0.3) is 0 Å². The average Bonchev–Trinajstić information content (AvgIpc) is 2.58. The van der Waals surface area contributed by atoms with Crippen molar-refractivity contribution in [1.82, 2.24) is 0 Å². The maximum absolute atomic E-state index is 13.8. The smallest absolute Gasteiger partial charge is 0.352 e. The zero-order valence-corrected chi connectivity index (χ0v) is 19.1. The lowest BCUT2D eigenvalue weighted by atomic mass is 10.2. The summed E-state index contributed by atoms with van der Waals surface area (Å²) in [6.45, 7) is 11.7. The molecule has 0 bridgehead atoms. The monoisotopic (exact) mass is 416 g/mol. The molecule has 0 aromatic rings. The molecule has 0 aliphatic rings. The van der Waals surface area contributed by atoms with E-state index in [9.17, 15) is 9.13 Å². The van der Waals surface area contributed by atoms with Crippen LogP contribution in [0.5, 0.6) is 0 Å². The van der Waals surface area contributed by atoms with E-state index in [4.69, 9.17) is 22.8 Å². The molecule has 26 heavy (non-hydrogen) atoms. The highest BCUT2D eigenvalue weighted by molar-refractivity contribution is 7.74. The van der Waals surface area contributed by atoms with Crippen molar-refractivity contribution in [2.75, 3.05) is 33.0 Å². The summed E-state index contributed by atoms with van der Waals surface area (Å²) in [6, 6.07) is 0. The van der Waals surface area contributed by atoms with Crippen molar-refractivity contribution in [3.63, 3.8) is 0 Å². The molecule has 0 aliphatic carbocycles. The fourth-order valence-corrected chi connectivity index (χ4v) is 8.17. The van der Waals surface area contributed by atoms with Crippen LogP contribution >= 0.6 is 15.2 Å². The van der Waals surface area contributed by atoms with Gasteiger partial charge < -0.3 is 22.8 Å². The quantitative estimate of drug-likeness (QED) is 0.207. The summed E-state index contributed by atoms with van der Waals surface area (Å²) in [4.78, 5) is 0. The first kappa shape index (κ1) is 26.3. The molecule has 0 aromatic carbocycles. The molecule has 0 saturated carbocycles. The third kappa shape index (κ3) is 6.41. The van der Waals surface area contributed by atoms with Crippen LogP contribution < -0.4 is 0 Å². The molecule has 7 nitrogen and oxygen atoms in total. The Kier molecular flexibility index (Phi) is 13.6. The summed E-state index contributed by atoms with van der Waals surface area (Å²) in [5.74, 6) is 0. The molecule has 0 unspecified atom stereocenters. The Morgan fingerprint density at radius 2 is 1.04 bits per heavy atom. The highest BCUT2D eigenvalue weighted by Gasteiger charge is 2.66. The lowest BCUT2D eigenvalue weighted by Crippen LogP contribution is -2.37. The van der Waals surface area contributed by atoms with Crippen LogP contribution in [0.3, 0.4) is 0 Å². The van der Waals surface area contributed by atoms with Crippen molar-refractivity contribution >= 4 is 15.2 Å². The fourth-order valence-electron chi connectivity index (χ4n) is 2.60. The maximum Gasteiger partial charge on any atom is 0.374 e. The lowest BCUT2D eigenvalue weighted by Gasteiger charge is -2.42. The van der Waals surface area contributed by atoms with Gasteiger partial charge in [-0.1, -0.05) is 26.7 Å². The van der Waals surface area contributed by atoms with Gasteiger partial charge in [0.1, 0.15) is 0 Å². The van der Waals surface area contributed by atoms with Gasteiger partial charge in [-0.05, 0) is 40.5 Å². The molecular formula is C17H38O7P2. The van der Waals surface area contributed by atoms with Crippen molar-refractivity contribution in [2.24, 2.45) is 0 Å². The van der Waals surface area contributed by atoms with E-state index in [1.807, 2.05) is 13.8 Å². The standard InChI is InChI=1S/C17H38O7P2/c1-7-13-15-17(20-16-14-8-2,25(18,21-9-3)22-10-4)26(19,23-11-5)24-12-6/h7-16H2,1-6H3. The number of unbranched alkanes of at least 4 members (excludes halogenated alkanes) is 2. The second-order valence-corrected chi connectivity index (χ2v) is 10.5. The predicted octanol–water partition coefficient (Wildman–Crippen LogP) is 6.18. The van der Waals surface area contributed by atoms with Gasteiger partial charge in [0.05, 0.1) is 26.4 Å². The van der Waals surface area contributed by atoms with E-state index in [-0.39, 0.29) is 39.5 Å². The summed E-state index contributed by atoms with van der Waals surface area (Å²) in [5.41, 5.74) is 0. The normalized spacial score (nSPS) is 13.3. The maximum atomic E-state index is 13.8. The first-order valence-corrected chi connectivity index (χ1v) is 12.9. The van der Waals surface area contributed by atoms with Crippen molar-refractivity contribution in [3.8, 4) is 0 Å². The zero-order chi connectivity index (χ0) is 20.1. The number of hydrogen-bond acceptors (Lipinski definition) is 7. The molecule has 0 radical (unpaired) electrons. The Bertz CT molecular complexity index is 406. The fraction of sp³-hybridized carbons (Fsp3) is 1.00. The SMILES string of the molecule is CCCCOC(CCCC)(P(=O)(OCC)OCC)P(=O)(OCC)OCC. The third-order valence-electron chi connectivity index (χ3n) is 3.74. The van der Waals surface area contributed by atoms with Crippen LogP contribution in [0.1, 0.15) is 73.6 Å². The first-order valence-electron chi connectivity index (χ1n) is 9.79. The van der Waals surface area contributed by atoms with Gasteiger partial charge in [0.25, 0.3) is 5.08 Å². The first-order chi connectivity index (χ1) is 12.4. The zero-order valence-electron chi connectivity index (χ0n) is 17.3. The molecule has 0 amide bonds. The average molecular weight is 416 g/mol. The minimum absolute atomic E-state index is 0.139. The van der Waals surface area contributed by atoms with Gasteiger partial charge in [-0.2, -0.15) is 0 Å². The summed E-state index contributed by atoms with van der Waals surface area (Å²) in [5, 5.41) is -1.76. The Balaban J connectivity index is 6.40. The number of hydrogen-bond donors (Lipinski definition) is 0. The molecule has 0 N–H and O–H groups in total. The van der Waals surface area contributed by atoms with Crippen LogP contribution in [0, 0.1) is 0 Å². The Morgan fingerprint density at radius 1 is 0.654 bits per heavy atom. The Labute approximate surface area is 159 Å². The Hall–Kier alpha value is 0.260. The largest absolute Gasteiger partial charge is 0.374 e. The predicted molar refractivity (Wildman–Crippen MR) is 105 cm³/mol. The van der Waals surface area contributed by atoms with Crippen molar-refractivity contribution in [1.29, 1.82) is 0 Å². The minimum atomic E-state index is -3.95. The Morgan fingerprint density at radius 3 is 1.35 bits per heavy atom. The molecule has 0 rings (SSSR count). The van der Waals surface area contributed by atoms with E-state index in [1.54, 1.807) is 27.7 Å². The number of rotatable bonds is 17. The van der Waals surface area contributed by atoms with Gasteiger partial charge in [-0.15, -0.1) is 0 Å². The van der Waals surface area contributed by atoms with Crippen molar-refractivity contribution < 1.29 is 32.0 Å². The van der Waals surface area contributed by atoms with E-state index in [0.717, 1.165) is 19.3 Å². The van der Waals surface area contributed by atoms with Crippen molar-refractivity contribution in [2.45, 2.75) is 78.7 Å². The summed E-state index contributed by atoms with van der Waals surface area (Å²) < 4.78 is 56.1. The molecule has 0 aliphatic heterocycles. The topological polar surface area (TPSA) is 80.3 Å². The van der Waals surface area contributed by atoms with Gasteiger partial charge in [0.15, 0.2) is 0 Å². The van der Waals surface area contributed by atoms with E-state index >= 15 is 0 Å². The molecule has 0 saturated heterocycles. The highest BCUT2D eigenvalue weighted by atomic mass is 31.2. The van der Waals surface area contributed by atoms with E-state index in [2.05, 4.69) is 0 Å². The van der Waals surface area contributed by atoms with Gasteiger partial charge in [-0.3, -0.25) is 9.13 Å². The van der Waals surface area contributed by atoms with Gasteiger partial charge in [-0.25, -0.2) is 0 Å². The minimum Gasteiger partial charge on any atom is -0.352 e. The summed E-state index contributed by atoms with van der Waals surface area (Å²) in [7, 11) is -7.89. The highest BCUT2D eigenvalue weighted by Crippen LogP contribution is 2.79. The van der Waals surface area contributed by atoms with Crippen LogP contribution in [0.4, 0.5) is 0 Å². The molecule has 0 spiro atoms. The van der Waals surface area contributed by atoms with Crippen molar-refractivity contribution in [3.05, 3.63) is 0 Å². The molecular weight excluding hydrogens is 378 g/mol. The van der Waals surface area contributed by atoms with E-state index in [1.165, 1.54) is 0 Å². The third-order valence-corrected chi connectivity index (χ3v) is 10.0. The number of ether oxygens (including phenoxy) is 1. The van der Waals surface area contributed by atoms with Crippen LogP contribution in [-0.2, 0) is 32.0 Å². The molecule has 0 fully saturated rings. The molecule has 9 heteroatoms. The molecule has 0 heterocycles. The molecule has 158 valence electrons. The van der Waals surface area contributed by atoms with E-state index < -0.39 is 20.3 Å². The summed E-state index contributed by atoms with van der Waals surface area (Å²) >= 11 is 0. The van der Waals surface area contributed by atoms with Crippen LogP contribution in [-0.4, -0.2) is 38.1 Å². The van der Waals surface area contributed by atoms with E-state index in [0.29, 0.717) is 6.42 Å². The van der Waals surface area contributed by atoms with Crippen LogP contribution in [0.15, 0.2) is 0 Å². The molecule has 0 atom stereocenters. The van der Waals surface area contributed by atoms with Gasteiger partial charge in [0.2, 0.25) is 0 Å². The van der Waals surface area contributed by atoms with Crippen LogP contribution in [0.2, 0.25) is 0 Å². The summed E-state index contributed by atoms with van der Waals surface area (Å²) in [6.07, 6.45) is 3.24. The second kappa shape index (κ2) is 13.4. The van der Waals surface area contributed by atoms with Gasteiger partial charge >= 0.3 is 15.2 Å². The molecule has 0 aromatic heterocycles. The second-order valence-electron chi connectivity index (χ2n) is 5.71. The lowest BCUT2D eigenvalue weighted by molar-refractivity contribution is 0.00846. The van der Waals surface area contributed by atoms with Gasteiger partial charge in [0, 0.05) is 13.0 Å².